The number of aliphatic hydroxyl groups is 1. The molecule has 0 rings (SSSR count). The fourth-order valence-electron chi connectivity index (χ4n) is 2.37. The van der Waals surface area contributed by atoms with E-state index in [1.54, 1.807) is 6.92 Å². The summed E-state index contributed by atoms with van der Waals surface area (Å²) in [6, 6.07) is -0.451. The highest BCUT2D eigenvalue weighted by atomic mass is 32.3. The SMILES string of the molecule is CCCCCCCCCCCC(=O)NC(C)COS(=O)(=O)O.CN(C)CCO. The minimum absolute atomic E-state index is 0.116. The molecule has 0 aromatic carbocycles. The molecule has 0 aromatic rings. The van der Waals surface area contributed by atoms with E-state index in [2.05, 4.69) is 16.4 Å². The summed E-state index contributed by atoms with van der Waals surface area (Å²) in [4.78, 5) is 13.5. The number of nitrogens with zero attached hydrogens (tertiary/aromatic N) is 1. The van der Waals surface area contributed by atoms with Gasteiger partial charge in [-0.3, -0.25) is 9.35 Å². The first-order valence-corrected chi connectivity index (χ1v) is 11.7. The van der Waals surface area contributed by atoms with Crippen LogP contribution in [0.5, 0.6) is 0 Å². The van der Waals surface area contributed by atoms with Gasteiger partial charge in [-0.25, -0.2) is 4.18 Å². The Morgan fingerprint density at radius 3 is 1.93 bits per heavy atom. The van der Waals surface area contributed by atoms with E-state index in [4.69, 9.17) is 9.66 Å². The lowest BCUT2D eigenvalue weighted by atomic mass is 10.1. The summed E-state index contributed by atoms with van der Waals surface area (Å²) in [6.07, 6.45) is 11.2. The molecule has 0 bridgehead atoms. The number of amides is 1. The summed E-state index contributed by atoms with van der Waals surface area (Å²) in [7, 11) is -0.589. The van der Waals surface area contributed by atoms with Crippen LogP contribution in [0.3, 0.4) is 0 Å². The molecule has 28 heavy (non-hydrogen) atoms. The van der Waals surface area contributed by atoms with Gasteiger partial charge in [0.1, 0.15) is 0 Å². The predicted molar refractivity (Wildman–Crippen MR) is 113 cm³/mol. The highest BCUT2D eigenvalue weighted by Crippen LogP contribution is 2.10. The van der Waals surface area contributed by atoms with Gasteiger partial charge in [0.25, 0.3) is 0 Å². The molecular formula is C19H42N2O6S. The minimum atomic E-state index is -4.44. The predicted octanol–water partition coefficient (Wildman–Crippen LogP) is 2.77. The second kappa shape index (κ2) is 19.6. The van der Waals surface area contributed by atoms with Crippen molar-refractivity contribution in [3.05, 3.63) is 0 Å². The zero-order valence-corrected chi connectivity index (χ0v) is 19.0. The first-order valence-electron chi connectivity index (χ1n) is 10.3. The summed E-state index contributed by atoms with van der Waals surface area (Å²) < 4.78 is 33.4. The van der Waals surface area contributed by atoms with Crippen molar-refractivity contribution in [3.8, 4) is 0 Å². The van der Waals surface area contributed by atoms with Gasteiger partial charge >= 0.3 is 10.4 Å². The summed E-state index contributed by atoms with van der Waals surface area (Å²) >= 11 is 0. The molecule has 0 fully saturated rings. The van der Waals surface area contributed by atoms with Crippen LogP contribution in [0.4, 0.5) is 0 Å². The lowest BCUT2D eigenvalue weighted by Gasteiger charge is -2.12. The molecule has 0 aliphatic heterocycles. The van der Waals surface area contributed by atoms with Gasteiger partial charge in [0, 0.05) is 13.0 Å². The lowest BCUT2D eigenvalue weighted by molar-refractivity contribution is -0.122. The van der Waals surface area contributed by atoms with Crippen molar-refractivity contribution >= 4 is 16.3 Å². The van der Waals surface area contributed by atoms with Crippen molar-refractivity contribution in [1.82, 2.24) is 10.2 Å². The smallest absolute Gasteiger partial charge is 0.395 e. The van der Waals surface area contributed by atoms with E-state index < -0.39 is 16.4 Å². The van der Waals surface area contributed by atoms with Crippen molar-refractivity contribution in [3.63, 3.8) is 0 Å². The third kappa shape index (κ3) is 27.5. The van der Waals surface area contributed by atoms with Gasteiger partial charge in [-0.15, -0.1) is 0 Å². The monoisotopic (exact) mass is 426 g/mol. The Bertz CT molecular complexity index is 457. The third-order valence-electron chi connectivity index (χ3n) is 3.93. The Morgan fingerprint density at radius 1 is 1.04 bits per heavy atom. The molecular weight excluding hydrogens is 384 g/mol. The van der Waals surface area contributed by atoms with Crippen molar-refractivity contribution in [2.24, 2.45) is 0 Å². The first kappa shape index (κ1) is 29.5. The van der Waals surface area contributed by atoms with E-state index in [1.807, 2.05) is 19.0 Å². The number of carbonyl (C=O) groups excluding carboxylic acids is 1. The van der Waals surface area contributed by atoms with Crippen LogP contribution < -0.4 is 5.32 Å². The van der Waals surface area contributed by atoms with Gasteiger partial charge in [0.15, 0.2) is 0 Å². The topological polar surface area (TPSA) is 116 Å². The van der Waals surface area contributed by atoms with Crippen LogP contribution in [0.15, 0.2) is 0 Å². The van der Waals surface area contributed by atoms with Crippen molar-refractivity contribution in [1.29, 1.82) is 0 Å². The fraction of sp³-hybridized carbons (Fsp3) is 0.947. The Morgan fingerprint density at radius 2 is 1.54 bits per heavy atom. The molecule has 1 unspecified atom stereocenters. The van der Waals surface area contributed by atoms with E-state index >= 15 is 0 Å². The quantitative estimate of drug-likeness (QED) is 0.257. The number of rotatable bonds is 16. The molecule has 0 aliphatic carbocycles. The van der Waals surface area contributed by atoms with Gasteiger partial charge in [-0.1, -0.05) is 58.3 Å². The average Bonchev–Trinajstić information content (AvgIpc) is 2.58. The minimum Gasteiger partial charge on any atom is -0.395 e. The number of hydrogen-bond acceptors (Lipinski definition) is 6. The Kier molecular flexibility index (Phi) is 20.6. The second-order valence-corrected chi connectivity index (χ2v) is 8.38. The molecule has 0 saturated heterocycles. The van der Waals surface area contributed by atoms with Gasteiger partial charge in [-0.2, -0.15) is 8.42 Å². The van der Waals surface area contributed by atoms with Gasteiger partial charge in [0.2, 0.25) is 5.91 Å². The highest BCUT2D eigenvalue weighted by Gasteiger charge is 2.11. The second-order valence-electron chi connectivity index (χ2n) is 7.29. The summed E-state index contributed by atoms with van der Waals surface area (Å²) in [6.45, 7) is 4.59. The zero-order chi connectivity index (χ0) is 21.8. The molecule has 0 aliphatic rings. The van der Waals surface area contributed by atoms with Crippen molar-refractivity contribution in [2.75, 3.05) is 33.9 Å². The molecule has 0 aromatic heterocycles. The average molecular weight is 427 g/mol. The maximum atomic E-state index is 11.6. The van der Waals surface area contributed by atoms with E-state index in [1.165, 1.54) is 38.5 Å². The van der Waals surface area contributed by atoms with E-state index in [9.17, 15) is 13.2 Å². The largest absolute Gasteiger partial charge is 0.397 e. The number of unbranched alkanes of at least 4 members (excludes halogenated alkanes) is 8. The van der Waals surface area contributed by atoms with Crippen molar-refractivity contribution < 1.29 is 27.1 Å². The number of carbonyl (C=O) groups is 1. The molecule has 170 valence electrons. The van der Waals surface area contributed by atoms with E-state index in [-0.39, 0.29) is 19.1 Å². The standard InChI is InChI=1S/C15H31NO5S.C4H11NO/c1-3-4-5-6-7-8-9-10-11-12-15(17)16-14(2)13-21-22(18,19)20;1-5(2)3-4-6/h14H,3-13H2,1-2H3,(H,16,17)(H,18,19,20);6H,3-4H2,1-2H3. The fourth-order valence-corrected chi connectivity index (χ4v) is 2.75. The first-order chi connectivity index (χ1) is 13.1. The molecule has 9 heteroatoms. The van der Waals surface area contributed by atoms with E-state index in [0.717, 1.165) is 25.8 Å². The van der Waals surface area contributed by atoms with Crippen LogP contribution in [-0.4, -0.2) is 68.8 Å². The van der Waals surface area contributed by atoms with Crippen LogP contribution in [0.2, 0.25) is 0 Å². The van der Waals surface area contributed by atoms with Crippen LogP contribution >= 0.6 is 0 Å². The Labute approximate surface area is 172 Å². The summed E-state index contributed by atoms with van der Waals surface area (Å²) in [5.41, 5.74) is 0. The Hall–Kier alpha value is -0.740. The van der Waals surface area contributed by atoms with Gasteiger partial charge in [0.05, 0.1) is 19.3 Å². The van der Waals surface area contributed by atoms with Gasteiger partial charge in [-0.05, 0) is 27.4 Å². The highest BCUT2D eigenvalue weighted by molar-refractivity contribution is 7.80. The number of aliphatic hydroxyl groups excluding tert-OH is 1. The number of hydrogen-bond donors (Lipinski definition) is 3. The summed E-state index contributed by atoms with van der Waals surface area (Å²) in [5.74, 6) is -0.116. The normalized spacial score (nSPS) is 12.4. The Balaban J connectivity index is 0. The van der Waals surface area contributed by atoms with Crippen LogP contribution in [0.25, 0.3) is 0 Å². The number of nitrogens with one attached hydrogen (secondary N) is 1. The maximum Gasteiger partial charge on any atom is 0.397 e. The lowest BCUT2D eigenvalue weighted by Crippen LogP contribution is -2.36. The van der Waals surface area contributed by atoms with Crippen LogP contribution in [0, 0.1) is 0 Å². The molecule has 0 heterocycles. The molecule has 0 spiro atoms. The molecule has 3 N–H and O–H groups in total. The summed E-state index contributed by atoms with van der Waals surface area (Å²) in [5, 5.41) is 10.8. The molecule has 8 nitrogen and oxygen atoms in total. The third-order valence-corrected chi connectivity index (χ3v) is 4.36. The molecule has 1 amide bonds. The van der Waals surface area contributed by atoms with E-state index in [0.29, 0.717) is 6.42 Å². The van der Waals surface area contributed by atoms with Crippen molar-refractivity contribution in [2.45, 2.75) is 84.1 Å². The zero-order valence-electron chi connectivity index (χ0n) is 18.2. The van der Waals surface area contributed by atoms with Gasteiger partial charge < -0.3 is 15.3 Å². The maximum absolute atomic E-state index is 11.6. The molecule has 0 saturated carbocycles. The molecule has 1 atom stereocenters. The molecule has 0 radical (unpaired) electrons. The van der Waals surface area contributed by atoms with Crippen LogP contribution in [0.1, 0.15) is 78.1 Å². The van der Waals surface area contributed by atoms with Crippen LogP contribution in [-0.2, 0) is 19.4 Å². The number of likely N-dealkylation sites (N-methyl/N-ethyl adjacent to an activating group) is 1.